The SMILES string of the molecule is Cc1ccc2nc(C)cc(C(=O)N3CC[C@H](NS(C)(=O)=O)C3)c2c1. The molecular weight excluding hydrogens is 326 g/mol. The third-order valence-electron chi connectivity index (χ3n) is 4.18. The Labute approximate surface area is 141 Å². The fourth-order valence-electron chi connectivity index (χ4n) is 3.16. The second-order valence-corrected chi connectivity index (χ2v) is 8.24. The Kier molecular flexibility index (Phi) is 4.31. The Morgan fingerprint density at radius 2 is 2.04 bits per heavy atom. The van der Waals surface area contributed by atoms with Crippen molar-refractivity contribution in [2.45, 2.75) is 26.3 Å². The summed E-state index contributed by atoms with van der Waals surface area (Å²) in [6, 6.07) is 7.45. The summed E-state index contributed by atoms with van der Waals surface area (Å²) in [7, 11) is -3.27. The number of benzene rings is 1. The maximum absolute atomic E-state index is 13.0. The standard InChI is InChI=1S/C17H21N3O3S/c1-11-4-5-16-14(8-11)15(9-12(2)18-16)17(21)20-7-6-13(10-20)19-24(3,22)23/h4-5,8-9,13,19H,6-7,10H2,1-3H3/t13-/m0/s1. The van der Waals surface area contributed by atoms with Crippen molar-refractivity contribution in [2.24, 2.45) is 0 Å². The average Bonchev–Trinajstić information content (AvgIpc) is 2.92. The van der Waals surface area contributed by atoms with Crippen molar-refractivity contribution in [1.82, 2.24) is 14.6 Å². The van der Waals surface area contributed by atoms with Crippen molar-refractivity contribution >= 4 is 26.8 Å². The first-order valence-corrected chi connectivity index (χ1v) is 9.77. The first-order chi connectivity index (χ1) is 11.2. The zero-order valence-corrected chi connectivity index (χ0v) is 14.9. The molecule has 2 aromatic rings. The van der Waals surface area contributed by atoms with Crippen molar-refractivity contribution in [3.63, 3.8) is 0 Å². The molecule has 1 saturated heterocycles. The van der Waals surface area contributed by atoms with Crippen LogP contribution in [-0.2, 0) is 10.0 Å². The number of aromatic nitrogens is 1. The highest BCUT2D eigenvalue weighted by Crippen LogP contribution is 2.23. The van der Waals surface area contributed by atoms with Crippen molar-refractivity contribution in [3.05, 3.63) is 41.1 Å². The topological polar surface area (TPSA) is 79.4 Å². The molecule has 7 heteroatoms. The lowest BCUT2D eigenvalue weighted by molar-refractivity contribution is 0.0792. The zero-order valence-electron chi connectivity index (χ0n) is 14.0. The number of carbonyl (C=O) groups is 1. The number of fused-ring (bicyclic) bond motifs is 1. The molecule has 1 aliphatic heterocycles. The molecule has 6 nitrogen and oxygen atoms in total. The van der Waals surface area contributed by atoms with Crippen molar-refractivity contribution in [2.75, 3.05) is 19.3 Å². The first-order valence-electron chi connectivity index (χ1n) is 7.87. The zero-order chi connectivity index (χ0) is 17.5. The fourth-order valence-corrected chi connectivity index (χ4v) is 3.96. The van der Waals surface area contributed by atoms with Gasteiger partial charge in [0.2, 0.25) is 10.0 Å². The van der Waals surface area contributed by atoms with E-state index in [9.17, 15) is 13.2 Å². The quantitative estimate of drug-likeness (QED) is 0.915. The predicted octanol–water partition coefficient (Wildman–Crippen LogP) is 1.62. The molecule has 0 radical (unpaired) electrons. The number of likely N-dealkylation sites (tertiary alicyclic amines) is 1. The summed E-state index contributed by atoms with van der Waals surface area (Å²) in [4.78, 5) is 19.2. The number of amides is 1. The number of hydrogen-bond donors (Lipinski definition) is 1. The number of carbonyl (C=O) groups excluding carboxylic acids is 1. The minimum absolute atomic E-state index is 0.0751. The number of nitrogens with one attached hydrogen (secondary N) is 1. The molecule has 0 spiro atoms. The van der Waals surface area contributed by atoms with Crippen LogP contribution in [0.2, 0.25) is 0 Å². The number of aryl methyl sites for hydroxylation is 2. The van der Waals surface area contributed by atoms with Gasteiger partial charge in [-0.2, -0.15) is 0 Å². The maximum Gasteiger partial charge on any atom is 0.254 e. The molecule has 1 amide bonds. The molecule has 1 N–H and O–H groups in total. The molecule has 0 saturated carbocycles. The summed E-state index contributed by atoms with van der Waals surface area (Å²) in [6.07, 6.45) is 1.76. The highest BCUT2D eigenvalue weighted by Gasteiger charge is 2.29. The van der Waals surface area contributed by atoms with E-state index in [2.05, 4.69) is 9.71 Å². The third-order valence-corrected chi connectivity index (χ3v) is 4.94. The van der Waals surface area contributed by atoms with Crippen molar-refractivity contribution in [3.8, 4) is 0 Å². The minimum atomic E-state index is -3.27. The predicted molar refractivity (Wildman–Crippen MR) is 93.5 cm³/mol. The summed E-state index contributed by atoms with van der Waals surface area (Å²) in [5, 5.41) is 0.838. The molecule has 3 rings (SSSR count). The van der Waals surface area contributed by atoms with E-state index in [4.69, 9.17) is 0 Å². The smallest absolute Gasteiger partial charge is 0.254 e. The molecule has 1 aromatic carbocycles. The average molecular weight is 347 g/mol. The molecule has 1 aliphatic rings. The Bertz CT molecular complexity index is 909. The van der Waals surface area contributed by atoms with E-state index in [0.29, 0.717) is 25.1 Å². The van der Waals surface area contributed by atoms with Gasteiger partial charge < -0.3 is 4.90 Å². The van der Waals surface area contributed by atoms with Gasteiger partial charge >= 0.3 is 0 Å². The summed E-state index contributed by atoms with van der Waals surface area (Å²) < 4.78 is 25.3. The van der Waals surface area contributed by atoms with Crippen LogP contribution in [0.5, 0.6) is 0 Å². The van der Waals surface area contributed by atoms with E-state index < -0.39 is 10.0 Å². The van der Waals surface area contributed by atoms with Crippen LogP contribution < -0.4 is 4.72 Å². The second kappa shape index (κ2) is 6.14. The number of sulfonamides is 1. The largest absolute Gasteiger partial charge is 0.337 e. The molecular formula is C17H21N3O3S. The van der Waals surface area contributed by atoms with Crippen LogP contribution >= 0.6 is 0 Å². The van der Waals surface area contributed by atoms with Gasteiger partial charge in [-0.3, -0.25) is 9.78 Å². The van der Waals surface area contributed by atoms with Gasteiger partial charge in [0.1, 0.15) is 0 Å². The van der Waals surface area contributed by atoms with Crippen LogP contribution in [0.1, 0.15) is 28.0 Å². The van der Waals surface area contributed by atoms with Crippen LogP contribution in [0.4, 0.5) is 0 Å². The van der Waals surface area contributed by atoms with Crippen molar-refractivity contribution in [1.29, 1.82) is 0 Å². The van der Waals surface area contributed by atoms with Crippen LogP contribution in [0.25, 0.3) is 10.9 Å². The van der Waals surface area contributed by atoms with E-state index in [0.717, 1.165) is 28.4 Å². The third kappa shape index (κ3) is 3.57. The lowest BCUT2D eigenvalue weighted by Gasteiger charge is -2.18. The fraction of sp³-hybridized carbons (Fsp3) is 0.412. The summed E-state index contributed by atoms with van der Waals surface area (Å²) in [5.74, 6) is -0.0751. The molecule has 128 valence electrons. The van der Waals surface area contributed by atoms with Gasteiger partial charge in [0.05, 0.1) is 17.3 Å². The lowest BCUT2D eigenvalue weighted by atomic mass is 10.0. The highest BCUT2D eigenvalue weighted by molar-refractivity contribution is 7.88. The molecule has 0 aliphatic carbocycles. The number of pyridine rings is 1. The number of nitrogens with zero attached hydrogens (tertiary/aromatic N) is 2. The van der Waals surface area contributed by atoms with Gasteiger partial charge in [0.15, 0.2) is 0 Å². The Balaban J connectivity index is 1.91. The van der Waals surface area contributed by atoms with Gasteiger partial charge in [-0.05, 0) is 38.5 Å². The van der Waals surface area contributed by atoms with Gasteiger partial charge in [0.25, 0.3) is 5.91 Å². The molecule has 1 atom stereocenters. The molecule has 0 bridgehead atoms. The molecule has 24 heavy (non-hydrogen) atoms. The van der Waals surface area contributed by atoms with E-state index in [1.165, 1.54) is 0 Å². The maximum atomic E-state index is 13.0. The van der Waals surface area contributed by atoms with Gasteiger partial charge in [0, 0.05) is 30.2 Å². The van der Waals surface area contributed by atoms with Gasteiger partial charge in [-0.1, -0.05) is 11.6 Å². The van der Waals surface area contributed by atoms with E-state index >= 15 is 0 Å². The van der Waals surface area contributed by atoms with Crippen LogP contribution in [0, 0.1) is 13.8 Å². The van der Waals surface area contributed by atoms with Gasteiger partial charge in [-0.25, -0.2) is 13.1 Å². The Morgan fingerprint density at radius 3 is 2.75 bits per heavy atom. The number of rotatable bonds is 3. The highest BCUT2D eigenvalue weighted by atomic mass is 32.2. The van der Waals surface area contributed by atoms with Crippen LogP contribution in [-0.4, -0.2) is 49.6 Å². The van der Waals surface area contributed by atoms with Gasteiger partial charge in [-0.15, -0.1) is 0 Å². The first kappa shape index (κ1) is 16.9. The second-order valence-electron chi connectivity index (χ2n) is 6.46. The Hall–Kier alpha value is -1.99. The summed E-state index contributed by atoms with van der Waals surface area (Å²) in [6.45, 7) is 4.78. The van der Waals surface area contributed by atoms with E-state index in [1.807, 2.05) is 32.0 Å². The van der Waals surface area contributed by atoms with Crippen molar-refractivity contribution < 1.29 is 13.2 Å². The lowest BCUT2D eigenvalue weighted by Crippen LogP contribution is -2.37. The van der Waals surface area contributed by atoms with E-state index in [1.54, 1.807) is 11.0 Å². The molecule has 2 heterocycles. The van der Waals surface area contributed by atoms with Crippen LogP contribution in [0.3, 0.4) is 0 Å². The molecule has 1 aromatic heterocycles. The minimum Gasteiger partial charge on any atom is -0.337 e. The summed E-state index contributed by atoms with van der Waals surface area (Å²) >= 11 is 0. The molecule has 1 fully saturated rings. The normalized spacial score (nSPS) is 18.3. The Morgan fingerprint density at radius 1 is 1.29 bits per heavy atom. The van der Waals surface area contributed by atoms with Crippen LogP contribution in [0.15, 0.2) is 24.3 Å². The van der Waals surface area contributed by atoms with E-state index in [-0.39, 0.29) is 11.9 Å². The monoisotopic (exact) mass is 347 g/mol. The molecule has 0 unspecified atom stereocenters. The summed E-state index contributed by atoms with van der Waals surface area (Å²) in [5.41, 5.74) is 3.29. The number of hydrogen-bond acceptors (Lipinski definition) is 4.